The van der Waals surface area contributed by atoms with Gasteiger partial charge in [-0.15, -0.1) is 11.3 Å². The highest BCUT2D eigenvalue weighted by molar-refractivity contribution is 7.09. The minimum absolute atomic E-state index is 0.0924. The molecule has 0 aliphatic carbocycles. The van der Waals surface area contributed by atoms with Gasteiger partial charge in [-0.25, -0.2) is 4.98 Å². The number of rotatable bonds is 4. The predicted molar refractivity (Wildman–Crippen MR) is 78.1 cm³/mol. The van der Waals surface area contributed by atoms with Gasteiger partial charge in [0.15, 0.2) is 11.5 Å². The Hall–Kier alpha value is -1.63. The second-order valence-electron chi connectivity index (χ2n) is 4.86. The number of aromatic nitrogens is 1. The average molecular weight is 291 g/mol. The SMILES string of the molecule is CN(C)C(c1ccc2c(c1)OCO2)c1nc(CN)cs1. The average Bonchev–Trinajstić information content (AvgIpc) is 3.06. The van der Waals surface area contributed by atoms with Crippen molar-refractivity contribution in [2.24, 2.45) is 5.73 Å². The molecule has 0 saturated carbocycles. The van der Waals surface area contributed by atoms with E-state index in [-0.39, 0.29) is 6.04 Å². The molecule has 0 fully saturated rings. The van der Waals surface area contributed by atoms with Crippen LogP contribution >= 0.6 is 11.3 Å². The Morgan fingerprint density at radius 3 is 2.85 bits per heavy atom. The predicted octanol–water partition coefficient (Wildman–Crippen LogP) is 1.98. The molecular formula is C14H17N3O2S. The van der Waals surface area contributed by atoms with Gasteiger partial charge in [0.2, 0.25) is 6.79 Å². The van der Waals surface area contributed by atoms with Crippen LogP contribution in [-0.4, -0.2) is 30.8 Å². The molecule has 106 valence electrons. The van der Waals surface area contributed by atoms with Gasteiger partial charge in [-0.05, 0) is 31.8 Å². The highest BCUT2D eigenvalue weighted by Crippen LogP contribution is 2.37. The summed E-state index contributed by atoms with van der Waals surface area (Å²) in [6.45, 7) is 0.762. The van der Waals surface area contributed by atoms with Crippen molar-refractivity contribution in [3.63, 3.8) is 0 Å². The minimum atomic E-state index is 0.0924. The van der Waals surface area contributed by atoms with Gasteiger partial charge >= 0.3 is 0 Å². The maximum atomic E-state index is 5.65. The van der Waals surface area contributed by atoms with Crippen molar-refractivity contribution in [3.05, 3.63) is 39.8 Å². The number of nitrogens with zero attached hydrogens (tertiary/aromatic N) is 2. The summed E-state index contributed by atoms with van der Waals surface area (Å²) in [4.78, 5) is 6.74. The van der Waals surface area contributed by atoms with Crippen LogP contribution in [0.4, 0.5) is 0 Å². The maximum Gasteiger partial charge on any atom is 0.231 e. The molecule has 0 bridgehead atoms. The zero-order chi connectivity index (χ0) is 14.1. The summed E-state index contributed by atoms with van der Waals surface area (Å²) in [6.07, 6.45) is 0. The summed E-state index contributed by atoms with van der Waals surface area (Å²) in [5.41, 5.74) is 7.71. The summed E-state index contributed by atoms with van der Waals surface area (Å²) in [5.74, 6) is 1.60. The van der Waals surface area contributed by atoms with Gasteiger partial charge in [0.25, 0.3) is 0 Å². The van der Waals surface area contributed by atoms with Crippen LogP contribution in [0.5, 0.6) is 11.5 Å². The Morgan fingerprint density at radius 2 is 2.15 bits per heavy atom. The molecule has 1 aromatic carbocycles. The Morgan fingerprint density at radius 1 is 1.35 bits per heavy atom. The van der Waals surface area contributed by atoms with Gasteiger partial charge in [-0.1, -0.05) is 6.07 Å². The molecule has 6 heteroatoms. The van der Waals surface area contributed by atoms with Gasteiger partial charge in [-0.2, -0.15) is 0 Å². The zero-order valence-corrected chi connectivity index (χ0v) is 12.3. The van der Waals surface area contributed by atoms with Crippen molar-refractivity contribution in [1.29, 1.82) is 0 Å². The first-order valence-electron chi connectivity index (χ1n) is 6.39. The molecule has 0 spiro atoms. The smallest absolute Gasteiger partial charge is 0.231 e. The third kappa shape index (κ3) is 2.37. The van der Waals surface area contributed by atoms with Gasteiger partial charge < -0.3 is 15.2 Å². The monoisotopic (exact) mass is 291 g/mol. The Labute approximate surface area is 121 Å². The molecule has 0 amide bonds. The van der Waals surface area contributed by atoms with Crippen LogP contribution in [0.15, 0.2) is 23.6 Å². The quantitative estimate of drug-likeness (QED) is 0.933. The molecule has 1 aliphatic rings. The van der Waals surface area contributed by atoms with Crippen LogP contribution in [0.3, 0.4) is 0 Å². The Balaban J connectivity index is 1.98. The number of hydrogen-bond acceptors (Lipinski definition) is 6. The molecule has 2 N–H and O–H groups in total. The standard InChI is InChI=1S/C14H17N3O2S/c1-17(2)13(14-16-10(6-15)7-20-14)9-3-4-11-12(5-9)19-8-18-11/h3-5,7,13H,6,8,15H2,1-2H3. The van der Waals surface area contributed by atoms with Crippen molar-refractivity contribution >= 4 is 11.3 Å². The van der Waals surface area contributed by atoms with E-state index < -0.39 is 0 Å². The van der Waals surface area contributed by atoms with E-state index in [1.54, 1.807) is 11.3 Å². The van der Waals surface area contributed by atoms with Crippen LogP contribution in [0.2, 0.25) is 0 Å². The van der Waals surface area contributed by atoms with E-state index in [1.807, 2.05) is 31.6 Å². The summed E-state index contributed by atoms with van der Waals surface area (Å²) in [5, 5.41) is 3.05. The van der Waals surface area contributed by atoms with E-state index in [0.29, 0.717) is 13.3 Å². The first-order valence-corrected chi connectivity index (χ1v) is 7.27. The zero-order valence-electron chi connectivity index (χ0n) is 11.5. The van der Waals surface area contributed by atoms with E-state index in [9.17, 15) is 0 Å². The van der Waals surface area contributed by atoms with Gasteiger partial charge in [-0.3, -0.25) is 4.90 Å². The third-order valence-electron chi connectivity index (χ3n) is 3.24. The summed E-state index contributed by atoms with van der Waals surface area (Å²) in [6, 6.07) is 6.12. The highest BCUT2D eigenvalue weighted by Gasteiger charge is 2.23. The maximum absolute atomic E-state index is 5.65. The Bertz CT molecular complexity index is 612. The van der Waals surface area contributed by atoms with Crippen molar-refractivity contribution in [2.75, 3.05) is 20.9 Å². The second-order valence-corrected chi connectivity index (χ2v) is 5.75. The lowest BCUT2D eigenvalue weighted by Crippen LogP contribution is -2.21. The molecule has 5 nitrogen and oxygen atoms in total. The van der Waals surface area contributed by atoms with Crippen molar-refractivity contribution in [3.8, 4) is 11.5 Å². The van der Waals surface area contributed by atoms with Crippen LogP contribution in [0.25, 0.3) is 0 Å². The molecule has 1 aromatic heterocycles. The topological polar surface area (TPSA) is 60.6 Å². The van der Waals surface area contributed by atoms with Gasteiger partial charge in [0.1, 0.15) is 5.01 Å². The molecule has 1 aliphatic heterocycles. The van der Waals surface area contributed by atoms with Crippen molar-refractivity contribution < 1.29 is 9.47 Å². The van der Waals surface area contributed by atoms with Crippen LogP contribution in [0.1, 0.15) is 22.3 Å². The lowest BCUT2D eigenvalue weighted by Gasteiger charge is -2.22. The number of hydrogen-bond donors (Lipinski definition) is 1. The minimum Gasteiger partial charge on any atom is -0.454 e. The van der Waals surface area contributed by atoms with E-state index in [0.717, 1.165) is 27.8 Å². The molecule has 1 unspecified atom stereocenters. The van der Waals surface area contributed by atoms with Crippen molar-refractivity contribution in [1.82, 2.24) is 9.88 Å². The van der Waals surface area contributed by atoms with E-state index in [4.69, 9.17) is 15.2 Å². The van der Waals surface area contributed by atoms with Crippen molar-refractivity contribution in [2.45, 2.75) is 12.6 Å². The second kappa shape index (κ2) is 5.40. The highest BCUT2D eigenvalue weighted by atomic mass is 32.1. The fourth-order valence-electron chi connectivity index (χ4n) is 2.29. The molecule has 0 saturated heterocycles. The number of ether oxygens (including phenoxy) is 2. The fourth-order valence-corrected chi connectivity index (χ4v) is 3.34. The number of nitrogens with two attached hydrogens (primary N) is 1. The molecule has 0 radical (unpaired) electrons. The fraction of sp³-hybridized carbons (Fsp3) is 0.357. The first-order chi connectivity index (χ1) is 9.69. The summed E-state index contributed by atoms with van der Waals surface area (Å²) >= 11 is 1.63. The number of benzene rings is 1. The Kier molecular flexibility index (Phi) is 3.60. The largest absolute Gasteiger partial charge is 0.454 e. The molecule has 2 heterocycles. The number of fused-ring (bicyclic) bond motifs is 1. The van der Waals surface area contributed by atoms with E-state index in [1.165, 1.54) is 0 Å². The molecule has 20 heavy (non-hydrogen) atoms. The molecule has 3 rings (SSSR count). The normalized spacial score (nSPS) is 14.8. The lowest BCUT2D eigenvalue weighted by molar-refractivity contribution is 0.174. The molecular weight excluding hydrogens is 274 g/mol. The third-order valence-corrected chi connectivity index (χ3v) is 4.19. The van der Waals surface area contributed by atoms with Crippen LogP contribution in [0, 0.1) is 0 Å². The van der Waals surface area contributed by atoms with E-state index >= 15 is 0 Å². The first kappa shape index (κ1) is 13.4. The van der Waals surface area contributed by atoms with Gasteiger partial charge in [0.05, 0.1) is 11.7 Å². The summed E-state index contributed by atoms with van der Waals surface area (Å²) < 4.78 is 10.8. The lowest BCUT2D eigenvalue weighted by atomic mass is 10.1. The molecule has 2 aromatic rings. The number of thiazole rings is 1. The van der Waals surface area contributed by atoms with E-state index in [2.05, 4.69) is 16.0 Å². The molecule has 1 atom stereocenters. The van der Waals surface area contributed by atoms with Crippen LogP contribution < -0.4 is 15.2 Å². The van der Waals surface area contributed by atoms with Crippen LogP contribution in [-0.2, 0) is 6.54 Å². The van der Waals surface area contributed by atoms with Gasteiger partial charge in [0, 0.05) is 11.9 Å². The summed E-state index contributed by atoms with van der Waals surface area (Å²) in [7, 11) is 4.08.